The van der Waals surface area contributed by atoms with Crippen molar-refractivity contribution in [2.24, 2.45) is 0 Å². The molecule has 0 aliphatic carbocycles. The molecule has 0 spiro atoms. The van der Waals surface area contributed by atoms with Crippen LogP contribution in [0.5, 0.6) is 0 Å². The molecule has 0 saturated carbocycles. The molecule has 4 heavy (non-hydrogen) atoms. The van der Waals surface area contributed by atoms with E-state index >= 15 is 0 Å². The summed E-state index contributed by atoms with van der Waals surface area (Å²) in [5.41, 5.74) is 0. The van der Waals surface area contributed by atoms with E-state index in [2.05, 4.69) is 0 Å². The van der Waals surface area contributed by atoms with E-state index < -0.39 is 0 Å². The van der Waals surface area contributed by atoms with Crippen LogP contribution in [0.4, 0.5) is 0 Å². The van der Waals surface area contributed by atoms with Crippen LogP contribution < -0.4 is 0 Å². The molecule has 0 nitrogen and oxygen atoms in total. The van der Waals surface area contributed by atoms with E-state index in [4.69, 9.17) is 0 Å². The summed E-state index contributed by atoms with van der Waals surface area (Å²) in [6.45, 7) is 0. The number of hydrogen-bond acceptors (Lipinski definition) is 0. The third-order valence-corrected chi connectivity index (χ3v) is 0. The third kappa shape index (κ3) is 10.2. The summed E-state index contributed by atoms with van der Waals surface area (Å²) in [4.78, 5) is 0. The summed E-state index contributed by atoms with van der Waals surface area (Å²) in [5.74, 6) is 0. The second-order valence-corrected chi connectivity index (χ2v) is 0. The van der Waals surface area contributed by atoms with Crippen LogP contribution >= 0.6 is 0 Å². The third-order valence-electron chi connectivity index (χ3n) is 0. The van der Waals surface area contributed by atoms with Gasteiger partial charge in [-0.2, -0.15) is 0 Å². The van der Waals surface area contributed by atoms with Crippen molar-refractivity contribution in [2.75, 3.05) is 0 Å². The van der Waals surface area contributed by atoms with Gasteiger partial charge in [0, 0.05) is 92.0 Å². The van der Waals surface area contributed by atoms with Gasteiger partial charge in [0.25, 0.3) is 0 Å². The molecule has 0 bridgehead atoms. The predicted octanol–water partition coefficient (Wildman–Crippen LogP) is -1.03. The van der Waals surface area contributed by atoms with Crippen molar-refractivity contribution in [1.82, 2.24) is 0 Å². The molecule has 3 radical (unpaired) electrons. The van der Waals surface area contributed by atoms with Crippen molar-refractivity contribution < 1.29 is 66.1 Å². The Balaban J connectivity index is 0. The van der Waals surface area contributed by atoms with Gasteiger partial charge in [-0.1, -0.05) is 0 Å². The second kappa shape index (κ2) is 15.7. The standard InChI is InChI=1S/Cs.In.Th.Zr.H. The Kier molecular flexibility index (Phi) is 90.0. The molecule has 0 saturated heterocycles. The van der Waals surface area contributed by atoms with E-state index in [0.717, 1.165) is 0 Å². The van der Waals surface area contributed by atoms with Crippen molar-refractivity contribution in [1.29, 1.82) is 0 Å². The average Bonchev–Trinajstić information content (AvgIpc) is 0. The quantitative estimate of drug-likeness (QED) is 0.349. The van der Waals surface area contributed by atoms with Gasteiger partial charge < -0.3 is 0 Å². The van der Waals surface area contributed by atoms with Gasteiger partial charge in [0.05, 0.1) is 0 Å². The molecule has 0 aromatic heterocycles. The summed E-state index contributed by atoms with van der Waals surface area (Å²) in [6.07, 6.45) is 0. The van der Waals surface area contributed by atoms with Gasteiger partial charge in [-0.05, 0) is 0 Å². The fourth-order valence-corrected chi connectivity index (χ4v) is 0. The van der Waals surface area contributed by atoms with Crippen LogP contribution in [0.25, 0.3) is 0 Å². The van der Waals surface area contributed by atoms with Crippen LogP contribution in [0.2, 0.25) is 0 Å². The van der Waals surface area contributed by atoms with Crippen LogP contribution in [0.3, 0.4) is 0 Å². The van der Waals surface area contributed by atoms with Crippen LogP contribution in [0, 0.1) is 39.9 Å². The van der Waals surface area contributed by atoms with Crippen LogP contribution in [0.1, 0.15) is 0 Å². The van der Waals surface area contributed by atoms with Gasteiger partial charge in [0.1, 0.15) is 0 Å². The molecule has 0 unspecified atom stereocenters. The topological polar surface area (TPSA) is 0 Å². The minimum absolute atomic E-state index is 0. The Morgan fingerprint density at radius 3 is 1.00 bits per heavy atom. The zero-order valence-electron chi connectivity index (χ0n) is 1.58. The van der Waals surface area contributed by atoms with Gasteiger partial charge in [0.2, 0.25) is 0 Å². The monoisotopic (exact) mass is 571 g/mol. The smallest absolute Gasteiger partial charge is 0 e. The minimum atomic E-state index is 0. The maximum atomic E-state index is 0. The van der Waals surface area contributed by atoms with E-state index in [9.17, 15) is 0 Å². The molecule has 0 aliphatic rings. The van der Waals surface area contributed by atoms with Crippen LogP contribution in [0.15, 0.2) is 0 Å². The molecule has 0 N–H and O–H groups in total. The first-order chi connectivity index (χ1) is 0. The molecule has 0 amide bonds. The molecule has 0 rings (SSSR count). The van der Waals surface area contributed by atoms with Crippen molar-refractivity contribution in [3.05, 3.63) is 0 Å². The minimum Gasteiger partial charge on any atom is 0 e. The van der Waals surface area contributed by atoms with Crippen LogP contribution in [-0.4, -0.2) is 94.7 Å². The fraction of sp³-hybridized carbons (Fsp3) is 0. The Bertz CT molecular complexity index is 8.00. The Morgan fingerprint density at radius 2 is 1.00 bits per heavy atom. The first-order valence-electron chi connectivity index (χ1n) is 0. The summed E-state index contributed by atoms with van der Waals surface area (Å²) in [6, 6.07) is 0. The maximum Gasteiger partial charge on any atom is 0 e. The molecule has 0 atom stereocenters. The first kappa shape index (κ1) is 22.9. The van der Waals surface area contributed by atoms with Crippen molar-refractivity contribution in [3.63, 3.8) is 0 Å². The van der Waals surface area contributed by atoms with Crippen molar-refractivity contribution in [3.8, 4) is 0 Å². The zero-order valence-corrected chi connectivity index (χ0v) is 11.4. The molecule has 0 fully saturated rings. The maximum absolute atomic E-state index is 0. The molecule has 0 aromatic rings. The average molecular weight is 572 g/mol. The Labute approximate surface area is 155 Å². The van der Waals surface area contributed by atoms with E-state index in [1.165, 1.54) is 0 Å². The van der Waals surface area contributed by atoms with Gasteiger partial charge in [0.15, 0.2) is 0 Å². The number of rotatable bonds is 0. The molecule has 13 valence electrons. The summed E-state index contributed by atoms with van der Waals surface area (Å²) in [7, 11) is 0. The SMILES string of the molecule is [CsH].[In].[Th].[Zr]. The molecule has 4 heteroatoms. The van der Waals surface area contributed by atoms with Crippen molar-refractivity contribution >= 4 is 94.7 Å². The summed E-state index contributed by atoms with van der Waals surface area (Å²) in [5, 5.41) is 0. The summed E-state index contributed by atoms with van der Waals surface area (Å²) >= 11 is 0. The van der Waals surface area contributed by atoms with E-state index in [-0.39, 0.29) is 161 Å². The van der Waals surface area contributed by atoms with Gasteiger partial charge in [-0.3, -0.25) is 0 Å². The largest absolute Gasteiger partial charge is 0 e. The molecular weight excluding hydrogens is 571 g/mol. The Morgan fingerprint density at radius 1 is 1.00 bits per heavy atom. The van der Waals surface area contributed by atoms with E-state index in [1.807, 2.05) is 0 Å². The predicted molar refractivity (Wildman–Crippen MR) is 12.9 cm³/mol. The van der Waals surface area contributed by atoms with E-state index in [1.54, 1.807) is 0 Å². The van der Waals surface area contributed by atoms with Crippen molar-refractivity contribution in [2.45, 2.75) is 0 Å². The van der Waals surface area contributed by atoms with Gasteiger partial charge in [-0.15, -0.1) is 0 Å². The fourth-order valence-electron chi connectivity index (χ4n) is 0. The molecule has 0 heterocycles. The number of hydrogen-bond donors (Lipinski definition) is 0. The normalized spacial score (nSPS) is 0. The van der Waals surface area contributed by atoms with Gasteiger partial charge in [-0.25, -0.2) is 0 Å². The van der Waals surface area contributed by atoms with E-state index in [0.29, 0.717) is 0 Å². The second-order valence-electron chi connectivity index (χ2n) is 0. The Hall–Kier alpha value is 5.13. The zero-order chi connectivity index (χ0) is 0. The summed E-state index contributed by atoms with van der Waals surface area (Å²) < 4.78 is 0. The van der Waals surface area contributed by atoms with Gasteiger partial charge >= 0.3 is 68.9 Å². The molecule has 0 aliphatic heterocycles. The molecule has 0 aromatic carbocycles. The van der Waals surface area contributed by atoms with Crippen LogP contribution in [-0.2, 0) is 26.2 Å². The molecular formula is HCsInThZr. The first-order valence-corrected chi connectivity index (χ1v) is 0.